The number of unbranched alkanes of at least 4 members (excludes halogenated alkanes) is 1. The highest BCUT2D eigenvalue weighted by molar-refractivity contribution is 5.96. The van der Waals surface area contributed by atoms with E-state index >= 15 is 0 Å². The molecule has 0 saturated carbocycles. The summed E-state index contributed by atoms with van der Waals surface area (Å²) < 4.78 is 15.2. The van der Waals surface area contributed by atoms with Gasteiger partial charge < -0.3 is 24.6 Å². The lowest BCUT2D eigenvalue weighted by Gasteiger charge is -2.08. The van der Waals surface area contributed by atoms with Crippen LogP contribution in [0.15, 0.2) is 18.2 Å². The first-order valence-electron chi connectivity index (χ1n) is 6.91. The molecule has 0 aliphatic rings. The number of nitrogens with one attached hydrogen (secondary N) is 1. The minimum Gasteiger partial charge on any atom is -0.507 e. The Morgan fingerprint density at radius 1 is 1.19 bits per heavy atom. The van der Waals surface area contributed by atoms with Crippen LogP contribution in [0.25, 0.3) is 0 Å². The first kappa shape index (κ1) is 17.3. The third-order valence-corrected chi connectivity index (χ3v) is 2.88. The maximum absolute atomic E-state index is 11.9. The molecule has 0 aliphatic carbocycles. The van der Waals surface area contributed by atoms with Crippen LogP contribution in [0.5, 0.6) is 11.5 Å². The molecule has 2 N–H and O–H groups in total. The molecule has 21 heavy (non-hydrogen) atoms. The highest BCUT2D eigenvalue weighted by Crippen LogP contribution is 2.23. The molecule has 0 spiro atoms. The van der Waals surface area contributed by atoms with Crippen molar-refractivity contribution in [2.24, 2.45) is 0 Å². The fourth-order valence-corrected chi connectivity index (χ4v) is 1.70. The van der Waals surface area contributed by atoms with Gasteiger partial charge >= 0.3 is 0 Å². The van der Waals surface area contributed by atoms with Crippen molar-refractivity contribution < 1.29 is 24.1 Å². The predicted octanol–water partition coefficient (Wildman–Crippen LogP) is 1.57. The summed E-state index contributed by atoms with van der Waals surface area (Å²) in [7, 11) is 3.14. The Balaban J connectivity index is 2.22. The molecule has 0 unspecified atom stereocenters. The number of phenols is 1. The first-order chi connectivity index (χ1) is 10.2. The van der Waals surface area contributed by atoms with E-state index in [0.29, 0.717) is 32.1 Å². The van der Waals surface area contributed by atoms with Gasteiger partial charge in [-0.3, -0.25) is 4.79 Å². The molecule has 6 heteroatoms. The number of carbonyl (C=O) groups excluding carboxylic acids is 1. The molecule has 0 fully saturated rings. The Morgan fingerprint density at radius 3 is 2.67 bits per heavy atom. The number of rotatable bonds is 10. The molecular formula is C15H23NO5. The average Bonchev–Trinajstić information content (AvgIpc) is 2.49. The second-order valence-electron chi connectivity index (χ2n) is 4.45. The number of ether oxygens (including phenoxy) is 3. The normalized spacial score (nSPS) is 10.4. The monoisotopic (exact) mass is 297 g/mol. The van der Waals surface area contributed by atoms with Crippen LogP contribution < -0.4 is 10.1 Å². The second-order valence-corrected chi connectivity index (χ2v) is 4.45. The van der Waals surface area contributed by atoms with E-state index in [2.05, 4.69) is 5.32 Å². The summed E-state index contributed by atoms with van der Waals surface area (Å²) in [6.45, 7) is 2.36. The topological polar surface area (TPSA) is 77.0 Å². The van der Waals surface area contributed by atoms with Gasteiger partial charge in [-0.2, -0.15) is 0 Å². The molecule has 1 aromatic carbocycles. The van der Waals surface area contributed by atoms with Crippen molar-refractivity contribution >= 4 is 5.91 Å². The summed E-state index contributed by atoms with van der Waals surface area (Å²) in [6.07, 6.45) is 1.67. The van der Waals surface area contributed by atoms with E-state index in [1.54, 1.807) is 13.2 Å². The fourth-order valence-electron chi connectivity index (χ4n) is 1.70. The van der Waals surface area contributed by atoms with Gasteiger partial charge in [-0.1, -0.05) is 0 Å². The molecule has 0 radical (unpaired) electrons. The molecule has 1 rings (SSSR count). The molecule has 1 aromatic rings. The Hall–Kier alpha value is -1.79. The van der Waals surface area contributed by atoms with Gasteiger partial charge in [0.2, 0.25) is 0 Å². The Kier molecular flexibility index (Phi) is 8.23. The van der Waals surface area contributed by atoms with Gasteiger partial charge in [-0.05, 0) is 25.0 Å². The minimum atomic E-state index is -0.296. The van der Waals surface area contributed by atoms with Crippen molar-refractivity contribution in [3.63, 3.8) is 0 Å². The van der Waals surface area contributed by atoms with Gasteiger partial charge in [-0.15, -0.1) is 0 Å². The number of benzene rings is 1. The molecule has 0 aliphatic heterocycles. The summed E-state index contributed by atoms with van der Waals surface area (Å²) in [4.78, 5) is 11.9. The summed E-state index contributed by atoms with van der Waals surface area (Å²) in [5, 5.41) is 12.5. The molecule has 0 bridgehead atoms. The van der Waals surface area contributed by atoms with Gasteiger partial charge in [0.1, 0.15) is 11.5 Å². The zero-order valence-electron chi connectivity index (χ0n) is 12.6. The van der Waals surface area contributed by atoms with Gasteiger partial charge in [0, 0.05) is 26.3 Å². The molecule has 118 valence electrons. The summed E-state index contributed by atoms with van der Waals surface area (Å²) in [5.74, 6) is 0.127. The second kappa shape index (κ2) is 10.0. The predicted molar refractivity (Wildman–Crippen MR) is 78.9 cm³/mol. The highest BCUT2D eigenvalue weighted by Gasteiger charge is 2.11. The van der Waals surface area contributed by atoms with Crippen molar-refractivity contribution in [1.29, 1.82) is 0 Å². The molecule has 0 aromatic heterocycles. The number of carbonyl (C=O) groups is 1. The smallest absolute Gasteiger partial charge is 0.255 e. The van der Waals surface area contributed by atoms with Gasteiger partial charge in [0.05, 0.1) is 25.9 Å². The van der Waals surface area contributed by atoms with E-state index in [1.807, 2.05) is 0 Å². The summed E-state index contributed by atoms with van der Waals surface area (Å²) >= 11 is 0. The maximum atomic E-state index is 11.9. The van der Waals surface area contributed by atoms with E-state index in [9.17, 15) is 9.90 Å². The van der Waals surface area contributed by atoms with Crippen molar-refractivity contribution in [1.82, 2.24) is 5.32 Å². The third kappa shape index (κ3) is 6.46. The number of hydrogen-bond acceptors (Lipinski definition) is 5. The Labute approximate surface area is 125 Å². The molecule has 0 heterocycles. The van der Waals surface area contributed by atoms with Crippen LogP contribution in [0, 0.1) is 0 Å². The third-order valence-electron chi connectivity index (χ3n) is 2.88. The number of amides is 1. The molecule has 0 atom stereocenters. The molecule has 1 amide bonds. The minimum absolute atomic E-state index is 0.0882. The Bertz CT molecular complexity index is 436. The van der Waals surface area contributed by atoms with Crippen LogP contribution >= 0.6 is 0 Å². The van der Waals surface area contributed by atoms with E-state index in [0.717, 1.165) is 12.8 Å². The SMILES string of the molecule is COCCOCCCCNC(=O)c1ccc(OC)cc1O. The van der Waals surface area contributed by atoms with Crippen LogP contribution in [0.1, 0.15) is 23.2 Å². The number of methoxy groups -OCH3 is 2. The lowest BCUT2D eigenvalue weighted by atomic mass is 10.1. The largest absolute Gasteiger partial charge is 0.507 e. The lowest BCUT2D eigenvalue weighted by molar-refractivity contribution is 0.0686. The quantitative estimate of drug-likeness (QED) is 0.641. The molecular weight excluding hydrogens is 274 g/mol. The number of phenolic OH excluding ortho intramolecular Hbond substituents is 1. The fraction of sp³-hybridized carbons (Fsp3) is 0.533. The van der Waals surface area contributed by atoms with Crippen molar-refractivity contribution in [3.8, 4) is 11.5 Å². The highest BCUT2D eigenvalue weighted by atomic mass is 16.5. The van der Waals surface area contributed by atoms with Crippen molar-refractivity contribution in [3.05, 3.63) is 23.8 Å². The zero-order chi connectivity index (χ0) is 15.5. The van der Waals surface area contributed by atoms with Crippen LogP contribution in [0.2, 0.25) is 0 Å². The van der Waals surface area contributed by atoms with Crippen molar-refractivity contribution in [2.45, 2.75) is 12.8 Å². The number of aromatic hydroxyl groups is 1. The van der Waals surface area contributed by atoms with Crippen LogP contribution in [-0.4, -0.2) is 51.6 Å². The van der Waals surface area contributed by atoms with Crippen molar-refractivity contribution in [2.75, 3.05) is 40.6 Å². The van der Waals surface area contributed by atoms with Gasteiger partial charge in [0.25, 0.3) is 5.91 Å². The average molecular weight is 297 g/mol. The zero-order valence-corrected chi connectivity index (χ0v) is 12.6. The van der Waals surface area contributed by atoms with Crippen LogP contribution in [-0.2, 0) is 9.47 Å². The number of hydrogen-bond donors (Lipinski definition) is 2. The van der Waals surface area contributed by atoms with Gasteiger partial charge in [-0.25, -0.2) is 0 Å². The van der Waals surface area contributed by atoms with E-state index in [1.165, 1.54) is 19.2 Å². The standard InChI is InChI=1S/C15H23NO5/c1-19-9-10-21-8-4-3-7-16-15(18)13-6-5-12(20-2)11-14(13)17/h5-6,11,17H,3-4,7-10H2,1-2H3,(H,16,18). The summed E-state index contributed by atoms with van der Waals surface area (Å²) in [5.41, 5.74) is 0.243. The van der Waals surface area contributed by atoms with E-state index < -0.39 is 0 Å². The lowest BCUT2D eigenvalue weighted by Crippen LogP contribution is -2.24. The first-order valence-corrected chi connectivity index (χ1v) is 6.91. The molecule has 6 nitrogen and oxygen atoms in total. The van der Waals surface area contributed by atoms with Gasteiger partial charge in [0.15, 0.2) is 0 Å². The van der Waals surface area contributed by atoms with E-state index in [-0.39, 0.29) is 17.2 Å². The van der Waals surface area contributed by atoms with Crippen LogP contribution in [0.3, 0.4) is 0 Å². The molecule has 0 saturated heterocycles. The Morgan fingerprint density at radius 2 is 2.00 bits per heavy atom. The van der Waals surface area contributed by atoms with E-state index in [4.69, 9.17) is 14.2 Å². The summed E-state index contributed by atoms with van der Waals surface area (Å²) in [6, 6.07) is 4.59. The maximum Gasteiger partial charge on any atom is 0.255 e. The van der Waals surface area contributed by atoms with Crippen LogP contribution in [0.4, 0.5) is 0 Å².